The molecule has 30 heavy (non-hydrogen) atoms. The van der Waals surface area contributed by atoms with E-state index in [2.05, 4.69) is 135 Å². The van der Waals surface area contributed by atoms with Crippen LogP contribution < -0.4 is 10.4 Å². The van der Waals surface area contributed by atoms with E-state index >= 15 is 0 Å². The fourth-order valence-corrected chi connectivity index (χ4v) is 10.4. The first kappa shape index (κ1) is 26.9. The summed E-state index contributed by atoms with van der Waals surface area (Å²) in [6.07, 6.45) is 1.33. The van der Waals surface area contributed by atoms with Crippen LogP contribution in [0, 0.1) is 10.8 Å². The molecule has 0 bridgehead atoms. The topological polar surface area (TPSA) is 0 Å². The van der Waals surface area contributed by atoms with Crippen molar-refractivity contribution in [2.45, 2.75) is 92.7 Å². The van der Waals surface area contributed by atoms with Crippen LogP contribution in [0.3, 0.4) is 0 Å². The van der Waals surface area contributed by atoms with Gasteiger partial charge in [0, 0.05) is 0 Å². The van der Waals surface area contributed by atoms with Crippen molar-refractivity contribution >= 4 is 26.5 Å². The Morgan fingerprint density at radius 3 is 1.43 bits per heavy atom. The molecule has 0 aliphatic rings. The van der Waals surface area contributed by atoms with Gasteiger partial charge >= 0.3 is 0 Å². The monoisotopic (exact) mass is 440 g/mol. The summed E-state index contributed by atoms with van der Waals surface area (Å²) in [6, 6.07) is 23.5. The summed E-state index contributed by atoms with van der Waals surface area (Å²) in [7, 11) is -2.51. The zero-order chi connectivity index (χ0) is 23.2. The minimum atomic E-state index is -1.32. The smallest absolute Gasteiger partial charge is 0.0654 e. The van der Waals surface area contributed by atoms with Gasteiger partial charge in [-0.1, -0.05) is 158 Å². The molecule has 2 aromatic rings. The molecule has 0 heterocycles. The van der Waals surface area contributed by atoms with Crippen LogP contribution in [0.25, 0.3) is 0 Å². The van der Waals surface area contributed by atoms with E-state index in [1.807, 2.05) is 0 Å². The number of rotatable bonds is 5. The van der Waals surface area contributed by atoms with Crippen molar-refractivity contribution in [3.63, 3.8) is 0 Å². The molecule has 0 fully saturated rings. The summed E-state index contributed by atoms with van der Waals surface area (Å²) in [5, 5.41) is 3.17. The van der Waals surface area contributed by atoms with Crippen molar-refractivity contribution in [3.8, 4) is 0 Å². The van der Waals surface area contributed by atoms with E-state index in [-0.39, 0.29) is 0 Å². The quantitative estimate of drug-likeness (QED) is 0.412. The highest BCUT2D eigenvalue weighted by atomic mass is 28.3. The van der Waals surface area contributed by atoms with Crippen molar-refractivity contribution < 1.29 is 0 Å². The van der Waals surface area contributed by atoms with Gasteiger partial charge in [0.25, 0.3) is 0 Å². The Bertz CT molecular complexity index is 732. The molecule has 2 heteroatoms. The van der Waals surface area contributed by atoms with Gasteiger partial charge in [-0.25, -0.2) is 0 Å². The van der Waals surface area contributed by atoms with Gasteiger partial charge in [0.1, 0.15) is 0 Å². The lowest BCUT2D eigenvalue weighted by molar-refractivity contribution is 0.389. The van der Waals surface area contributed by atoms with Crippen LogP contribution in [0.1, 0.15) is 54.9 Å². The molecule has 0 aromatic heterocycles. The molecular weight excluding hydrogens is 392 g/mol. The molecule has 1 unspecified atom stereocenters. The second-order valence-electron chi connectivity index (χ2n) is 12.5. The molecule has 0 N–H and O–H groups in total. The average Bonchev–Trinajstić information content (AvgIpc) is 2.66. The van der Waals surface area contributed by atoms with Crippen LogP contribution in [-0.2, 0) is 0 Å². The Morgan fingerprint density at radius 1 is 0.667 bits per heavy atom. The lowest BCUT2D eigenvalue weighted by Gasteiger charge is -2.39. The normalized spacial score (nSPS) is 14.0. The summed E-state index contributed by atoms with van der Waals surface area (Å²) in [4.78, 5) is 0. The minimum Gasteiger partial charge on any atom is -0.0654 e. The maximum absolute atomic E-state index is 2.48. The summed E-state index contributed by atoms with van der Waals surface area (Å²) in [5.74, 6) is 0. The molecule has 0 aliphatic carbocycles. The maximum Gasteiger partial charge on any atom is 0.0839 e. The third-order valence-corrected chi connectivity index (χ3v) is 15.2. The summed E-state index contributed by atoms with van der Waals surface area (Å²) in [5.41, 5.74) is 1.66. The fraction of sp³-hybridized carbons (Fsp3) is 0.571. The number of benzene rings is 2. The largest absolute Gasteiger partial charge is 0.0839 e. The highest BCUT2D eigenvalue weighted by Crippen LogP contribution is 2.38. The molecule has 0 aliphatic heterocycles. The molecule has 0 amide bonds. The number of hydrogen-bond donors (Lipinski definition) is 0. The molecule has 168 valence electrons. The highest BCUT2D eigenvalue weighted by molar-refractivity contribution is 6.91. The first-order valence-corrected chi connectivity index (χ1v) is 18.0. The Kier molecular flexibility index (Phi) is 9.38. The highest BCUT2D eigenvalue weighted by Gasteiger charge is 2.37. The van der Waals surface area contributed by atoms with E-state index in [0.717, 1.165) is 5.54 Å². The van der Waals surface area contributed by atoms with Gasteiger partial charge in [-0.05, 0) is 16.4 Å². The lowest BCUT2D eigenvalue weighted by atomic mass is 9.93. The van der Waals surface area contributed by atoms with Gasteiger partial charge in [0.2, 0.25) is 0 Å². The molecule has 0 saturated heterocycles. The zero-order valence-corrected chi connectivity index (χ0v) is 23.8. The SMILES string of the molecule is CC(C(C)(C)C)[Si](C)(C)c1ccccc1.CC(C)(C)CC[Si](C)(C)c1ccccc1. The molecule has 0 spiro atoms. The predicted octanol–water partition coefficient (Wildman–Crippen LogP) is 8.08. The summed E-state index contributed by atoms with van der Waals surface area (Å²) < 4.78 is 0. The van der Waals surface area contributed by atoms with Gasteiger partial charge in [0.05, 0.1) is 16.1 Å². The first-order valence-electron chi connectivity index (χ1n) is 11.7. The average molecular weight is 441 g/mol. The van der Waals surface area contributed by atoms with Crippen molar-refractivity contribution in [1.29, 1.82) is 0 Å². The minimum absolute atomic E-state index is 0.408. The van der Waals surface area contributed by atoms with Crippen molar-refractivity contribution in [2.24, 2.45) is 10.8 Å². The van der Waals surface area contributed by atoms with E-state index in [4.69, 9.17) is 0 Å². The zero-order valence-electron chi connectivity index (χ0n) is 21.8. The van der Waals surface area contributed by atoms with Crippen LogP contribution >= 0.6 is 0 Å². The van der Waals surface area contributed by atoms with E-state index in [9.17, 15) is 0 Å². The van der Waals surface area contributed by atoms with Crippen LogP contribution in [0.2, 0.25) is 37.8 Å². The van der Waals surface area contributed by atoms with E-state index in [1.54, 1.807) is 10.4 Å². The van der Waals surface area contributed by atoms with Gasteiger partial charge in [-0.2, -0.15) is 0 Å². The van der Waals surface area contributed by atoms with Crippen LogP contribution in [0.15, 0.2) is 60.7 Å². The standard InChI is InChI=1S/2C14H24Si/c1-12(14(2,3)4)15(5,6)13-10-8-7-9-11-13;1-14(2,3)11-12-15(4,5)13-9-7-6-8-10-13/h7-12H,1-6H3;6-10H,11-12H2,1-5H3. The van der Waals surface area contributed by atoms with Gasteiger partial charge in [-0.3, -0.25) is 0 Å². The molecular formula is C28H48Si2. The molecule has 2 aromatic carbocycles. The third kappa shape index (κ3) is 8.55. The Balaban J connectivity index is 0.000000300. The third-order valence-electron chi connectivity index (χ3n) is 6.95. The first-order chi connectivity index (χ1) is 13.6. The Hall–Kier alpha value is -1.13. The summed E-state index contributed by atoms with van der Waals surface area (Å²) >= 11 is 0. The Morgan fingerprint density at radius 2 is 1.07 bits per heavy atom. The molecule has 0 nitrogen and oxygen atoms in total. The van der Waals surface area contributed by atoms with E-state index in [0.29, 0.717) is 10.8 Å². The van der Waals surface area contributed by atoms with Gasteiger partial charge in [0.15, 0.2) is 0 Å². The van der Waals surface area contributed by atoms with Crippen molar-refractivity contribution in [3.05, 3.63) is 60.7 Å². The van der Waals surface area contributed by atoms with Crippen LogP contribution in [0.4, 0.5) is 0 Å². The van der Waals surface area contributed by atoms with Gasteiger partial charge in [-0.15, -0.1) is 0 Å². The molecule has 0 saturated carbocycles. The van der Waals surface area contributed by atoms with E-state index < -0.39 is 16.1 Å². The molecule has 1 atom stereocenters. The van der Waals surface area contributed by atoms with Crippen LogP contribution in [-0.4, -0.2) is 16.1 Å². The van der Waals surface area contributed by atoms with Crippen LogP contribution in [0.5, 0.6) is 0 Å². The number of hydrogen-bond acceptors (Lipinski definition) is 0. The summed E-state index contributed by atoms with van der Waals surface area (Å²) in [6.45, 7) is 26.4. The lowest BCUT2D eigenvalue weighted by Crippen LogP contribution is -2.48. The molecule has 0 radical (unpaired) electrons. The van der Waals surface area contributed by atoms with E-state index in [1.165, 1.54) is 12.5 Å². The maximum atomic E-state index is 2.48. The van der Waals surface area contributed by atoms with Gasteiger partial charge < -0.3 is 0 Å². The van der Waals surface area contributed by atoms with Crippen molar-refractivity contribution in [1.82, 2.24) is 0 Å². The fourth-order valence-electron chi connectivity index (χ4n) is 3.92. The second-order valence-corrected chi connectivity index (χ2v) is 22.2. The predicted molar refractivity (Wildman–Crippen MR) is 145 cm³/mol. The Labute approximate surface area is 190 Å². The molecule has 2 rings (SSSR count). The second kappa shape index (κ2) is 10.5. The van der Waals surface area contributed by atoms with Crippen molar-refractivity contribution in [2.75, 3.05) is 0 Å².